The van der Waals surface area contributed by atoms with E-state index < -0.39 is 0 Å². The van der Waals surface area contributed by atoms with Crippen molar-refractivity contribution in [3.8, 4) is 0 Å². The van der Waals surface area contributed by atoms with E-state index in [-0.39, 0.29) is 0 Å². The first-order chi connectivity index (χ1) is 8.81. The smallest absolute Gasteiger partial charge is 0.0220 e. The minimum absolute atomic E-state index is 0.763. The molecule has 2 aliphatic carbocycles. The van der Waals surface area contributed by atoms with Crippen molar-refractivity contribution < 1.29 is 0 Å². The Kier molecular flexibility index (Phi) is 5.97. The minimum Gasteiger partial charge on any atom is -0.312 e. The zero-order chi connectivity index (χ0) is 12.8. The number of nitrogens with one attached hydrogen (secondary N) is 1. The van der Waals surface area contributed by atoms with Crippen LogP contribution < -0.4 is 5.32 Å². The molecule has 106 valence electrons. The molecule has 18 heavy (non-hydrogen) atoms. The maximum absolute atomic E-state index is 3.74. The zero-order valence-electron chi connectivity index (χ0n) is 12.5. The fraction of sp³-hybridized carbons (Fsp3) is 1.00. The van der Waals surface area contributed by atoms with Crippen molar-refractivity contribution >= 4 is 0 Å². The summed E-state index contributed by atoms with van der Waals surface area (Å²) in [5.41, 5.74) is 0. The van der Waals surface area contributed by atoms with Gasteiger partial charge in [-0.05, 0) is 39.2 Å². The maximum Gasteiger partial charge on any atom is 0.0220 e. The number of rotatable bonds is 7. The third kappa shape index (κ3) is 4.55. The summed E-state index contributed by atoms with van der Waals surface area (Å²) in [6.07, 6.45) is 14.2. The Balaban J connectivity index is 1.81. The van der Waals surface area contributed by atoms with Crippen molar-refractivity contribution in [2.24, 2.45) is 0 Å². The Labute approximate surface area is 114 Å². The Hall–Kier alpha value is -0.0800. The van der Waals surface area contributed by atoms with Crippen LogP contribution >= 0.6 is 0 Å². The van der Waals surface area contributed by atoms with Crippen LogP contribution in [0, 0.1) is 0 Å². The van der Waals surface area contributed by atoms with Crippen LogP contribution in [0.5, 0.6) is 0 Å². The molecule has 0 aromatic rings. The highest BCUT2D eigenvalue weighted by Crippen LogP contribution is 2.24. The van der Waals surface area contributed by atoms with Gasteiger partial charge < -0.3 is 5.32 Å². The van der Waals surface area contributed by atoms with Crippen LogP contribution in [-0.2, 0) is 0 Å². The van der Waals surface area contributed by atoms with Gasteiger partial charge >= 0.3 is 0 Å². The summed E-state index contributed by atoms with van der Waals surface area (Å²) >= 11 is 0. The number of likely N-dealkylation sites (N-methyl/N-ethyl adjacent to an activating group) is 1. The van der Waals surface area contributed by atoms with Crippen molar-refractivity contribution in [2.75, 3.05) is 13.6 Å². The molecule has 0 bridgehead atoms. The second-order valence-electron chi connectivity index (χ2n) is 6.44. The Bertz CT molecular complexity index is 217. The van der Waals surface area contributed by atoms with Gasteiger partial charge in [0.25, 0.3) is 0 Å². The van der Waals surface area contributed by atoms with Gasteiger partial charge in [0.1, 0.15) is 0 Å². The monoisotopic (exact) mass is 252 g/mol. The standard InChI is InChI=1S/C16H32N2/c1-3-8-16(13-17-14-11-12-14)18(2)15-9-6-4-5-7-10-15/h14-17H,3-13H2,1-2H3. The summed E-state index contributed by atoms with van der Waals surface area (Å²) in [4.78, 5) is 2.71. The fourth-order valence-corrected chi connectivity index (χ4v) is 3.34. The summed E-state index contributed by atoms with van der Waals surface area (Å²) in [7, 11) is 2.38. The predicted molar refractivity (Wildman–Crippen MR) is 79.0 cm³/mol. The van der Waals surface area contributed by atoms with Crippen LogP contribution in [0.2, 0.25) is 0 Å². The van der Waals surface area contributed by atoms with E-state index in [0.29, 0.717) is 0 Å². The average molecular weight is 252 g/mol. The second-order valence-corrected chi connectivity index (χ2v) is 6.44. The van der Waals surface area contributed by atoms with Gasteiger partial charge in [0, 0.05) is 24.7 Å². The summed E-state index contributed by atoms with van der Waals surface area (Å²) in [5.74, 6) is 0. The van der Waals surface area contributed by atoms with Crippen LogP contribution in [0.1, 0.15) is 71.1 Å². The van der Waals surface area contributed by atoms with Crippen LogP contribution in [0.15, 0.2) is 0 Å². The van der Waals surface area contributed by atoms with Gasteiger partial charge in [0.2, 0.25) is 0 Å². The summed E-state index contributed by atoms with van der Waals surface area (Å²) in [6.45, 7) is 3.54. The van der Waals surface area contributed by atoms with Crippen LogP contribution in [-0.4, -0.2) is 36.6 Å². The second kappa shape index (κ2) is 7.49. The molecule has 0 radical (unpaired) electrons. The van der Waals surface area contributed by atoms with Crippen LogP contribution in [0.4, 0.5) is 0 Å². The first-order valence-corrected chi connectivity index (χ1v) is 8.26. The molecule has 0 aromatic heterocycles. The zero-order valence-corrected chi connectivity index (χ0v) is 12.5. The number of hydrogen-bond donors (Lipinski definition) is 1. The van der Waals surface area contributed by atoms with Crippen molar-refractivity contribution in [3.05, 3.63) is 0 Å². The molecule has 2 aliphatic rings. The summed E-state index contributed by atoms with van der Waals surface area (Å²) in [5, 5.41) is 3.74. The fourth-order valence-electron chi connectivity index (χ4n) is 3.34. The van der Waals surface area contributed by atoms with E-state index in [2.05, 4.69) is 24.2 Å². The minimum atomic E-state index is 0.763. The normalized spacial score (nSPS) is 24.2. The molecule has 1 atom stereocenters. The molecule has 2 rings (SSSR count). The van der Waals surface area contributed by atoms with E-state index in [1.54, 1.807) is 0 Å². The Morgan fingerprint density at radius 2 is 1.72 bits per heavy atom. The molecule has 1 N–H and O–H groups in total. The lowest BCUT2D eigenvalue weighted by Crippen LogP contribution is -2.45. The van der Waals surface area contributed by atoms with E-state index >= 15 is 0 Å². The van der Waals surface area contributed by atoms with Crippen molar-refractivity contribution in [2.45, 2.75) is 89.3 Å². The van der Waals surface area contributed by atoms with Crippen molar-refractivity contribution in [1.82, 2.24) is 10.2 Å². The summed E-state index contributed by atoms with van der Waals surface area (Å²) in [6, 6.07) is 2.47. The highest BCUT2D eigenvalue weighted by Gasteiger charge is 2.26. The molecular formula is C16H32N2. The molecule has 2 heteroatoms. The lowest BCUT2D eigenvalue weighted by Gasteiger charge is -2.35. The molecule has 1 unspecified atom stereocenters. The van der Waals surface area contributed by atoms with Crippen molar-refractivity contribution in [3.63, 3.8) is 0 Å². The van der Waals surface area contributed by atoms with Gasteiger partial charge in [-0.1, -0.05) is 39.0 Å². The molecule has 2 saturated carbocycles. The molecule has 0 aliphatic heterocycles. The van der Waals surface area contributed by atoms with Gasteiger partial charge in [0.05, 0.1) is 0 Å². The largest absolute Gasteiger partial charge is 0.312 e. The summed E-state index contributed by atoms with van der Waals surface area (Å²) < 4.78 is 0. The lowest BCUT2D eigenvalue weighted by atomic mass is 10.0. The molecule has 2 fully saturated rings. The molecule has 0 saturated heterocycles. The van der Waals surface area contributed by atoms with E-state index in [1.807, 2.05) is 0 Å². The van der Waals surface area contributed by atoms with E-state index in [9.17, 15) is 0 Å². The van der Waals surface area contributed by atoms with Gasteiger partial charge in [0.15, 0.2) is 0 Å². The molecule has 0 aromatic carbocycles. The molecular weight excluding hydrogens is 220 g/mol. The molecule has 0 heterocycles. The molecule has 0 amide bonds. The van der Waals surface area contributed by atoms with Gasteiger partial charge in [-0.2, -0.15) is 0 Å². The van der Waals surface area contributed by atoms with Gasteiger partial charge in [-0.25, -0.2) is 0 Å². The molecule has 2 nitrogen and oxygen atoms in total. The Morgan fingerprint density at radius 1 is 1.06 bits per heavy atom. The van der Waals surface area contributed by atoms with Gasteiger partial charge in [-0.15, -0.1) is 0 Å². The quantitative estimate of drug-likeness (QED) is 0.697. The number of nitrogens with zero attached hydrogens (tertiary/aromatic N) is 1. The highest BCUT2D eigenvalue weighted by molar-refractivity contribution is 4.85. The average Bonchev–Trinajstić information content (AvgIpc) is 3.19. The third-order valence-corrected chi connectivity index (χ3v) is 4.82. The first-order valence-electron chi connectivity index (χ1n) is 8.26. The molecule has 0 spiro atoms. The SMILES string of the molecule is CCCC(CNC1CC1)N(C)C1CCCCCC1. The van der Waals surface area contributed by atoms with Crippen LogP contribution in [0.3, 0.4) is 0 Å². The first kappa shape index (κ1) is 14.3. The van der Waals surface area contributed by atoms with Crippen LogP contribution in [0.25, 0.3) is 0 Å². The topological polar surface area (TPSA) is 15.3 Å². The lowest BCUT2D eigenvalue weighted by molar-refractivity contribution is 0.146. The van der Waals surface area contributed by atoms with E-state index in [1.165, 1.54) is 70.8 Å². The van der Waals surface area contributed by atoms with Crippen molar-refractivity contribution in [1.29, 1.82) is 0 Å². The third-order valence-electron chi connectivity index (χ3n) is 4.82. The Morgan fingerprint density at radius 3 is 2.28 bits per heavy atom. The van der Waals surface area contributed by atoms with E-state index in [0.717, 1.165) is 18.1 Å². The predicted octanol–water partition coefficient (Wildman–Crippen LogP) is 3.56. The highest BCUT2D eigenvalue weighted by atomic mass is 15.2. The maximum atomic E-state index is 3.74. The van der Waals surface area contributed by atoms with E-state index in [4.69, 9.17) is 0 Å². The van der Waals surface area contributed by atoms with Gasteiger partial charge in [-0.3, -0.25) is 4.90 Å². The number of hydrogen-bond acceptors (Lipinski definition) is 2.